The van der Waals surface area contributed by atoms with E-state index in [1.165, 1.54) is 5.57 Å². The van der Waals surface area contributed by atoms with Gasteiger partial charge in [0.1, 0.15) is 0 Å². The van der Waals surface area contributed by atoms with Gasteiger partial charge in [-0.25, -0.2) is 4.79 Å². The summed E-state index contributed by atoms with van der Waals surface area (Å²) in [6.45, 7) is 16.9. The summed E-state index contributed by atoms with van der Waals surface area (Å²) in [7, 11) is 0. The van der Waals surface area contributed by atoms with Crippen LogP contribution in [0.3, 0.4) is 0 Å². The molecular formula is C27H37NO3S. The van der Waals surface area contributed by atoms with Crippen molar-refractivity contribution in [3.05, 3.63) is 46.0 Å². The van der Waals surface area contributed by atoms with Gasteiger partial charge in [0.2, 0.25) is 0 Å². The SMILES string of the molecule is CCOC(=O)C(OC(C)(C)C)c1c(C)sc(-c2ncccc2C)c1C1=CCC(C)(C)CC1. The van der Waals surface area contributed by atoms with Gasteiger partial charge in [0.05, 0.1) is 22.8 Å². The van der Waals surface area contributed by atoms with Crippen LogP contribution in [0.4, 0.5) is 0 Å². The minimum Gasteiger partial charge on any atom is -0.464 e. The Morgan fingerprint density at radius 3 is 2.56 bits per heavy atom. The maximum Gasteiger partial charge on any atom is 0.340 e. The molecule has 0 aromatic carbocycles. The Hall–Kier alpha value is -1.98. The largest absolute Gasteiger partial charge is 0.464 e. The molecule has 0 amide bonds. The van der Waals surface area contributed by atoms with Gasteiger partial charge in [-0.15, -0.1) is 11.3 Å². The molecule has 1 aliphatic rings. The number of allylic oxidation sites excluding steroid dienone is 2. The summed E-state index contributed by atoms with van der Waals surface area (Å²) in [6, 6.07) is 4.06. The second-order valence-electron chi connectivity index (χ2n) is 10.4. The van der Waals surface area contributed by atoms with E-state index in [4.69, 9.17) is 14.5 Å². The highest BCUT2D eigenvalue weighted by atomic mass is 32.1. The average molecular weight is 456 g/mol. The molecular weight excluding hydrogens is 418 g/mol. The van der Waals surface area contributed by atoms with Crippen LogP contribution in [0, 0.1) is 19.3 Å². The lowest BCUT2D eigenvalue weighted by Crippen LogP contribution is -2.29. The fourth-order valence-electron chi connectivity index (χ4n) is 4.18. The first-order valence-electron chi connectivity index (χ1n) is 11.5. The van der Waals surface area contributed by atoms with Gasteiger partial charge in [-0.3, -0.25) is 4.98 Å². The maximum absolute atomic E-state index is 13.1. The number of esters is 1. The standard InChI is InChI=1S/C27H37NO3S/c1-9-30-25(29)23(31-26(4,5)6)20-18(3)32-24(22-17(2)11-10-16-28-22)21(20)19-12-14-27(7,8)15-13-19/h10-12,16,23H,9,13-15H2,1-8H3. The first kappa shape index (κ1) is 24.7. The Labute approximate surface area is 197 Å². The first-order valence-corrected chi connectivity index (χ1v) is 12.3. The summed E-state index contributed by atoms with van der Waals surface area (Å²) in [5.74, 6) is -0.328. The van der Waals surface area contributed by atoms with Gasteiger partial charge in [0.15, 0.2) is 6.10 Å². The van der Waals surface area contributed by atoms with Gasteiger partial charge in [-0.1, -0.05) is 26.0 Å². The summed E-state index contributed by atoms with van der Waals surface area (Å²) in [4.78, 5) is 20.1. The number of carbonyl (C=O) groups excluding carboxylic acids is 1. The predicted molar refractivity (Wildman–Crippen MR) is 133 cm³/mol. The monoisotopic (exact) mass is 455 g/mol. The smallest absolute Gasteiger partial charge is 0.340 e. The van der Waals surface area contributed by atoms with Crippen molar-refractivity contribution in [2.75, 3.05) is 6.61 Å². The summed E-state index contributed by atoms with van der Waals surface area (Å²) < 4.78 is 11.8. The molecule has 2 aromatic heterocycles. The van der Waals surface area contributed by atoms with Gasteiger partial charge < -0.3 is 9.47 Å². The van der Waals surface area contributed by atoms with Crippen molar-refractivity contribution in [1.82, 2.24) is 4.98 Å². The maximum atomic E-state index is 13.1. The highest BCUT2D eigenvalue weighted by Crippen LogP contribution is 2.49. The number of pyridine rings is 1. The van der Waals surface area contributed by atoms with Crippen LogP contribution in [0.25, 0.3) is 16.1 Å². The summed E-state index contributed by atoms with van der Waals surface area (Å²) >= 11 is 1.70. The topological polar surface area (TPSA) is 48.4 Å². The molecule has 0 fully saturated rings. The number of carbonyl (C=O) groups is 1. The highest BCUT2D eigenvalue weighted by molar-refractivity contribution is 7.16. The zero-order valence-corrected chi connectivity index (χ0v) is 21.6. The van der Waals surface area contributed by atoms with E-state index < -0.39 is 11.7 Å². The molecule has 0 N–H and O–H groups in total. The van der Waals surface area contributed by atoms with E-state index in [9.17, 15) is 4.79 Å². The molecule has 0 spiro atoms. The third-order valence-electron chi connectivity index (χ3n) is 5.88. The number of hydrogen-bond donors (Lipinski definition) is 0. The van der Waals surface area contributed by atoms with Crippen LogP contribution >= 0.6 is 11.3 Å². The average Bonchev–Trinajstić information content (AvgIpc) is 3.02. The third kappa shape index (κ3) is 5.49. The molecule has 1 atom stereocenters. The molecule has 1 unspecified atom stereocenters. The fourth-order valence-corrected chi connectivity index (χ4v) is 5.46. The van der Waals surface area contributed by atoms with Crippen molar-refractivity contribution in [1.29, 1.82) is 0 Å². The zero-order valence-electron chi connectivity index (χ0n) is 20.8. The molecule has 174 valence electrons. The van der Waals surface area contributed by atoms with Crippen molar-refractivity contribution in [2.45, 2.75) is 86.4 Å². The quantitative estimate of drug-likeness (QED) is 0.425. The number of nitrogens with zero attached hydrogens (tertiary/aromatic N) is 1. The van der Waals surface area contributed by atoms with E-state index in [-0.39, 0.29) is 11.4 Å². The third-order valence-corrected chi connectivity index (χ3v) is 7.01. The van der Waals surface area contributed by atoms with E-state index >= 15 is 0 Å². The number of aryl methyl sites for hydroxylation is 2. The number of rotatable bonds is 6. The molecule has 1 aliphatic carbocycles. The second-order valence-corrected chi connectivity index (χ2v) is 11.6. The lowest BCUT2D eigenvalue weighted by molar-refractivity contribution is -0.166. The Balaban J connectivity index is 2.26. The molecule has 5 heteroatoms. The molecule has 2 heterocycles. The summed E-state index contributed by atoms with van der Waals surface area (Å²) in [5.41, 5.74) is 5.25. The minimum atomic E-state index is -0.769. The van der Waals surface area contributed by atoms with Crippen LogP contribution in [0.5, 0.6) is 0 Å². The summed E-state index contributed by atoms with van der Waals surface area (Å²) in [5, 5.41) is 0. The van der Waals surface area contributed by atoms with Gasteiger partial charge >= 0.3 is 5.97 Å². The molecule has 2 aromatic rings. The molecule has 4 nitrogen and oxygen atoms in total. The lowest BCUT2D eigenvalue weighted by Gasteiger charge is -2.31. The van der Waals surface area contributed by atoms with E-state index in [0.29, 0.717) is 6.61 Å². The lowest BCUT2D eigenvalue weighted by atomic mass is 9.76. The second kappa shape index (κ2) is 9.48. The molecule has 0 bridgehead atoms. The normalized spacial score (nSPS) is 17.1. The molecule has 32 heavy (non-hydrogen) atoms. The van der Waals surface area contributed by atoms with Crippen LogP contribution in [0.2, 0.25) is 0 Å². The Morgan fingerprint density at radius 1 is 1.28 bits per heavy atom. The Bertz CT molecular complexity index is 1010. The van der Waals surface area contributed by atoms with Gasteiger partial charge in [-0.05, 0) is 83.4 Å². The van der Waals surface area contributed by atoms with Crippen LogP contribution in [-0.4, -0.2) is 23.2 Å². The highest BCUT2D eigenvalue weighted by Gasteiger charge is 2.36. The van der Waals surface area contributed by atoms with E-state index in [0.717, 1.165) is 51.4 Å². The molecule has 0 radical (unpaired) electrons. The number of hydrogen-bond acceptors (Lipinski definition) is 5. The van der Waals surface area contributed by atoms with Crippen molar-refractivity contribution >= 4 is 22.9 Å². The number of aromatic nitrogens is 1. The Morgan fingerprint density at radius 2 is 2.00 bits per heavy atom. The zero-order chi connectivity index (χ0) is 23.7. The molecule has 0 saturated carbocycles. The van der Waals surface area contributed by atoms with Crippen LogP contribution in [-0.2, 0) is 14.3 Å². The van der Waals surface area contributed by atoms with Gasteiger partial charge in [0.25, 0.3) is 0 Å². The van der Waals surface area contributed by atoms with E-state index in [1.54, 1.807) is 11.3 Å². The van der Waals surface area contributed by atoms with Crippen LogP contribution < -0.4 is 0 Å². The van der Waals surface area contributed by atoms with Crippen molar-refractivity contribution in [3.63, 3.8) is 0 Å². The van der Waals surface area contributed by atoms with Crippen LogP contribution in [0.1, 0.15) is 88.5 Å². The predicted octanol–water partition coefficient (Wildman–Crippen LogP) is 7.44. The van der Waals surface area contributed by atoms with Crippen LogP contribution in [0.15, 0.2) is 24.4 Å². The fraction of sp³-hybridized carbons (Fsp3) is 0.556. The summed E-state index contributed by atoms with van der Waals surface area (Å²) in [6.07, 6.45) is 6.53. The van der Waals surface area contributed by atoms with Crippen molar-refractivity contribution in [3.8, 4) is 10.6 Å². The molecule has 3 rings (SSSR count). The van der Waals surface area contributed by atoms with E-state index in [1.807, 2.05) is 40.0 Å². The van der Waals surface area contributed by atoms with E-state index in [2.05, 4.69) is 39.8 Å². The first-order chi connectivity index (χ1) is 14.9. The molecule has 0 aliphatic heterocycles. The number of thiophene rings is 1. The van der Waals surface area contributed by atoms with Crippen molar-refractivity contribution < 1.29 is 14.3 Å². The van der Waals surface area contributed by atoms with Gasteiger partial charge in [-0.2, -0.15) is 0 Å². The minimum absolute atomic E-state index is 0.290. The number of ether oxygens (including phenoxy) is 2. The van der Waals surface area contributed by atoms with Crippen molar-refractivity contribution in [2.24, 2.45) is 5.41 Å². The Kier molecular flexibility index (Phi) is 7.31. The molecule has 0 saturated heterocycles. The van der Waals surface area contributed by atoms with Gasteiger partial charge in [0, 0.05) is 22.2 Å².